The molecule has 0 saturated heterocycles. The normalized spacial score (nSPS) is 12.1. The van der Waals surface area contributed by atoms with Crippen molar-refractivity contribution in [3.8, 4) is 0 Å². The monoisotopic (exact) mass is 319 g/mol. The number of likely N-dealkylation sites (N-methyl/N-ethyl adjacent to an activating group) is 1. The van der Waals surface area contributed by atoms with Gasteiger partial charge in [0.1, 0.15) is 6.54 Å². The first kappa shape index (κ1) is 16.2. The third-order valence-electron chi connectivity index (χ3n) is 4.08. The number of aryl methyl sites for hydroxylation is 1. The molecule has 0 radical (unpaired) electrons. The van der Waals surface area contributed by atoms with Gasteiger partial charge in [0.2, 0.25) is 0 Å². The molecule has 0 fully saturated rings. The Morgan fingerprint density at radius 2 is 1.75 bits per heavy atom. The Labute approximate surface area is 142 Å². The molecule has 1 amide bonds. The predicted octanol–water partition coefficient (Wildman–Crippen LogP) is 2.80. The van der Waals surface area contributed by atoms with Crippen molar-refractivity contribution in [1.82, 2.24) is 0 Å². The Balaban J connectivity index is 1.59. The van der Waals surface area contributed by atoms with E-state index in [2.05, 4.69) is 47.8 Å². The molecule has 0 aliphatic rings. The maximum Gasteiger partial charge on any atom is 0.279 e. The number of carbonyl (C=O) groups excluding carboxylic acids is 1. The Hall–Kier alpha value is -2.65. The molecule has 0 bridgehead atoms. The lowest BCUT2D eigenvalue weighted by Crippen LogP contribution is -3.08. The van der Waals surface area contributed by atoms with Gasteiger partial charge in [-0.3, -0.25) is 4.79 Å². The molecule has 0 aromatic heterocycles. The first-order valence-corrected chi connectivity index (χ1v) is 8.26. The average Bonchev–Trinajstić information content (AvgIpc) is 2.54. The number of carbonyl (C=O) groups is 1. The Kier molecular flexibility index (Phi) is 4.92. The van der Waals surface area contributed by atoms with Crippen molar-refractivity contribution in [2.75, 3.05) is 18.9 Å². The molecule has 3 aromatic rings. The van der Waals surface area contributed by atoms with Crippen LogP contribution in [0.4, 0.5) is 5.69 Å². The van der Waals surface area contributed by atoms with Crippen molar-refractivity contribution in [3.05, 3.63) is 77.9 Å². The standard InChI is InChI=1S/C21H22N2O/c1-16-6-5-9-20(12-16)22-21(24)15-23(2)14-17-10-11-18-7-3-4-8-19(18)13-17/h3-13H,14-15H2,1-2H3,(H,22,24)/p+1. The van der Waals surface area contributed by atoms with Gasteiger partial charge in [-0.25, -0.2) is 0 Å². The van der Waals surface area contributed by atoms with E-state index in [1.54, 1.807) is 0 Å². The van der Waals surface area contributed by atoms with Crippen LogP contribution in [0, 0.1) is 6.92 Å². The number of quaternary nitrogens is 1. The van der Waals surface area contributed by atoms with Crippen LogP contribution in [-0.4, -0.2) is 19.5 Å². The number of benzene rings is 3. The SMILES string of the molecule is Cc1cccc(NC(=O)C[NH+](C)Cc2ccc3ccccc3c2)c1. The van der Waals surface area contributed by atoms with Crippen LogP contribution in [0.25, 0.3) is 10.8 Å². The fourth-order valence-electron chi connectivity index (χ4n) is 2.96. The van der Waals surface area contributed by atoms with Crippen molar-refractivity contribution in [3.63, 3.8) is 0 Å². The Bertz CT molecular complexity index is 857. The summed E-state index contributed by atoms with van der Waals surface area (Å²) in [6, 6.07) is 22.7. The van der Waals surface area contributed by atoms with E-state index in [0.717, 1.165) is 22.7 Å². The molecule has 3 rings (SSSR count). The van der Waals surface area contributed by atoms with Gasteiger partial charge in [0, 0.05) is 11.3 Å². The van der Waals surface area contributed by atoms with Gasteiger partial charge in [-0.2, -0.15) is 0 Å². The van der Waals surface area contributed by atoms with E-state index in [0.29, 0.717) is 6.54 Å². The minimum absolute atomic E-state index is 0.0406. The first-order valence-electron chi connectivity index (χ1n) is 8.26. The smallest absolute Gasteiger partial charge is 0.279 e. The van der Waals surface area contributed by atoms with Gasteiger partial charge in [-0.05, 0) is 41.5 Å². The van der Waals surface area contributed by atoms with Gasteiger partial charge in [-0.15, -0.1) is 0 Å². The summed E-state index contributed by atoms with van der Waals surface area (Å²) in [4.78, 5) is 13.4. The molecule has 1 atom stereocenters. The van der Waals surface area contributed by atoms with Gasteiger partial charge < -0.3 is 10.2 Å². The van der Waals surface area contributed by atoms with E-state index in [4.69, 9.17) is 0 Å². The van der Waals surface area contributed by atoms with Crippen molar-refractivity contribution in [2.24, 2.45) is 0 Å². The second-order valence-electron chi connectivity index (χ2n) is 6.41. The molecule has 0 aliphatic carbocycles. The number of hydrogen-bond acceptors (Lipinski definition) is 1. The zero-order valence-electron chi connectivity index (χ0n) is 14.2. The van der Waals surface area contributed by atoms with Gasteiger partial charge >= 0.3 is 0 Å². The molecule has 0 spiro atoms. The highest BCUT2D eigenvalue weighted by Crippen LogP contribution is 2.15. The van der Waals surface area contributed by atoms with E-state index >= 15 is 0 Å². The number of anilines is 1. The van der Waals surface area contributed by atoms with Crippen LogP contribution in [-0.2, 0) is 11.3 Å². The molecule has 24 heavy (non-hydrogen) atoms. The van der Waals surface area contributed by atoms with E-state index in [1.165, 1.54) is 16.3 Å². The maximum absolute atomic E-state index is 12.2. The molecule has 2 N–H and O–H groups in total. The van der Waals surface area contributed by atoms with Gasteiger partial charge in [0.15, 0.2) is 6.54 Å². The highest BCUT2D eigenvalue weighted by molar-refractivity contribution is 5.91. The summed E-state index contributed by atoms with van der Waals surface area (Å²) < 4.78 is 0. The molecule has 3 aromatic carbocycles. The summed E-state index contributed by atoms with van der Waals surface area (Å²) >= 11 is 0. The minimum Gasteiger partial charge on any atom is -0.326 e. The van der Waals surface area contributed by atoms with Gasteiger partial charge in [0.05, 0.1) is 7.05 Å². The summed E-state index contributed by atoms with van der Waals surface area (Å²) in [7, 11) is 2.05. The quantitative estimate of drug-likeness (QED) is 0.745. The van der Waals surface area contributed by atoms with Crippen LogP contribution in [0.3, 0.4) is 0 Å². The largest absolute Gasteiger partial charge is 0.326 e. The second kappa shape index (κ2) is 7.28. The minimum atomic E-state index is 0.0406. The van der Waals surface area contributed by atoms with Crippen LogP contribution in [0.15, 0.2) is 66.7 Å². The topological polar surface area (TPSA) is 33.5 Å². The molecule has 3 heteroatoms. The summed E-state index contributed by atoms with van der Waals surface area (Å²) in [5.41, 5.74) is 3.25. The number of rotatable bonds is 5. The van der Waals surface area contributed by atoms with E-state index < -0.39 is 0 Å². The van der Waals surface area contributed by atoms with Gasteiger partial charge in [0.25, 0.3) is 5.91 Å². The van der Waals surface area contributed by atoms with Crippen molar-refractivity contribution in [2.45, 2.75) is 13.5 Å². The van der Waals surface area contributed by atoms with Crippen LogP contribution >= 0.6 is 0 Å². The summed E-state index contributed by atoms with van der Waals surface area (Å²) in [6.45, 7) is 3.29. The van der Waals surface area contributed by atoms with Crippen molar-refractivity contribution < 1.29 is 9.69 Å². The van der Waals surface area contributed by atoms with Crippen LogP contribution in [0.1, 0.15) is 11.1 Å². The summed E-state index contributed by atoms with van der Waals surface area (Å²) in [5, 5.41) is 5.46. The molecule has 122 valence electrons. The van der Waals surface area contributed by atoms with Crippen LogP contribution in [0.2, 0.25) is 0 Å². The zero-order chi connectivity index (χ0) is 16.9. The zero-order valence-corrected chi connectivity index (χ0v) is 14.2. The van der Waals surface area contributed by atoms with Crippen molar-refractivity contribution >= 4 is 22.4 Å². The Morgan fingerprint density at radius 1 is 0.958 bits per heavy atom. The van der Waals surface area contributed by atoms with E-state index in [9.17, 15) is 4.79 Å². The molecular weight excluding hydrogens is 296 g/mol. The second-order valence-corrected chi connectivity index (χ2v) is 6.41. The number of fused-ring (bicyclic) bond motifs is 1. The lowest BCUT2D eigenvalue weighted by molar-refractivity contribution is -0.885. The number of nitrogens with one attached hydrogen (secondary N) is 2. The molecule has 0 aliphatic heterocycles. The first-order chi connectivity index (χ1) is 11.6. The maximum atomic E-state index is 12.2. The summed E-state index contributed by atoms with van der Waals surface area (Å²) in [5.74, 6) is 0.0406. The van der Waals surface area contributed by atoms with Gasteiger partial charge in [-0.1, -0.05) is 48.5 Å². The molecule has 3 nitrogen and oxygen atoms in total. The van der Waals surface area contributed by atoms with E-state index in [-0.39, 0.29) is 5.91 Å². The molecule has 0 saturated carbocycles. The highest BCUT2D eigenvalue weighted by atomic mass is 16.2. The Morgan fingerprint density at radius 3 is 2.54 bits per heavy atom. The predicted molar refractivity (Wildman–Crippen MR) is 99.2 cm³/mol. The highest BCUT2D eigenvalue weighted by Gasteiger charge is 2.11. The fourth-order valence-corrected chi connectivity index (χ4v) is 2.96. The molecular formula is C21H23N2O+. The lowest BCUT2D eigenvalue weighted by Gasteiger charge is -2.14. The van der Waals surface area contributed by atoms with Crippen LogP contribution < -0.4 is 10.2 Å². The molecule has 1 unspecified atom stereocenters. The molecule has 0 heterocycles. The number of hydrogen-bond donors (Lipinski definition) is 2. The van der Waals surface area contributed by atoms with Crippen molar-refractivity contribution in [1.29, 1.82) is 0 Å². The fraction of sp³-hybridized carbons (Fsp3) is 0.190. The van der Waals surface area contributed by atoms with E-state index in [1.807, 2.05) is 38.2 Å². The van der Waals surface area contributed by atoms with Crippen LogP contribution in [0.5, 0.6) is 0 Å². The summed E-state index contributed by atoms with van der Waals surface area (Å²) in [6.07, 6.45) is 0. The lowest BCUT2D eigenvalue weighted by atomic mass is 10.1. The number of amides is 1. The third kappa shape index (κ3) is 4.21. The average molecular weight is 319 g/mol. The third-order valence-corrected chi connectivity index (χ3v) is 4.08.